The van der Waals surface area contributed by atoms with Gasteiger partial charge in [0.05, 0.1) is 6.54 Å². The first-order valence-corrected chi connectivity index (χ1v) is 6.80. The second-order valence-electron chi connectivity index (χ2n) is 4.75. The summed E-state index contributed by atoms with van der Waals surface area (Å²) in [5, 5.41) is 8.51. The van der Waals surface area contributed by atoms with Crippen molar-refractivity contribution in [3.63, 3.8) is 0 Å². The van der Waals surface area contributed by atoms with Crippen molar-refractivity contribution in [2.45, 2.75) is 38.7 Å². The topological polar surface area (TPSA) is 57.6 Å². The smallest absolute Gasteiger partial charge is 0.303 e. The minimum Gasteiger partial charge on any atom is -0.481 e. The number of hydrogen-bond donors (Lipinski definition) is 1. The summed E-state index contributed by atoms with van der Waals surface area (Å²) in [5.74, 6) is -1.29. The number of amides is 1. The highest BCUT2D eigenvalue weighted by Crippen LogP contribution is 2.11. The Labute approximate surface area is 122 Å². The molecule has 0 atom stereocenters. The fraction of sp³-hybridized carbons (Fsp3) is 0.467. The van der Waals surface area contributed by atoms with Crippen LogP contribution in [-0.4, -0.2) is 34.9 Å². The summed E-state index contributed by atoms with van der Waals surface area (Å²) in [5.41, 5.74) is 0.789. The third-order valence-electron chi connectivity index (χ3n) is 2.96. The minimum atomic E-state index is -2.59. The number of aliphatic carboxylic acids is 1. The zero-order valence-corrected chi connectivity index (χ0v) is 11.7. The lowest BCUT2D eigenvalue weighted by Crippen LogP contribution is -2.34. The molecule has 0 fully saturated rings. The van der Waals surface area contributed by atoms with Gasteiger partial charge in [-0.15, -0.1) is 0 Å². The van der Waals surface area contributed by atoms with E-state index in [1.54, 1.807) is 24.3 Å². The normalized spacial score (nSPS) is 10.6. The van der Waals surface area contributed by atoms with Gasteiger partial charge in [0.2, 0.25) is 5.91 Å². The molecule has 1 aromatic carbocycles. The lowest BCUT2D eigenvalue weighted by atomic mass is 10.1. The van der Waals surface area contributed by atoms with Crippen molar-refractivity contribution in [3.8, 4) is 0 Å². The summed E-state index contributed by atoms with van der Waals surface area (Å²) in [6.45, 7) is -0.463. The van der Waals surface area contributed by atoms with E-state index in [9.17, 15) is 18.4 Å². The van der Waals surface area contributed by atoms with Crippen LogP contribution >= 0.6 is 0 Å². The predicted molar refractivity (Wildman–Crippen MR) is 74.0 cm³/mol. The van der Waals surface area contributed by atoms with E-state index < -0.39 is 18.9 Å². The van der Waals surface area contributed by atoms with E-state index in [0.29, 0.717) is 12.8 Å². The Balaban J connectivity index is 2.51. The van der Waals surface area contributed by atoms with Crippen LogP contribution in [0.25, 0.3) is 0 Å². The number of carbonyl (C=O) groups excluding carboxylic acids is 1. The maximum Gasteiger partial charge on any atom is 0.303 e. The van der Waals surface area contributed by atoms with Crippen molar-refractivity contribution < 1.29 is 23.5 Å². The number of carbonyl (C=O) groups is 2. The van der Waals surface area contributed by atoms with Crippen molar-refractivity contribution in [2.75, 3.05) is 6.54 Å². The molecule has 0 bridgehead atoms. The molecule has 0 radical (unpaired) electrons. The Hall–Kier alpha value is -1.98. The number of hydrogen-bond acceptors (Lipinski definition) is 2. The van der Waals surface area contributed by atoms with Gasteiger partial charge in [-0.1, -0.05) is 30.3 Å². The van der Waals surface area contributed by atoms with Crippen LogP contribution in [0.5, 0.6) is 0 Å². The maximum absolute atomic E-state index is 12.6. The molecule has 0 aliphatic rings. The van der Waals surface area contributed by atoms with Crippen LogP contribution in [0.15, 0.2) is 30.3 Å². The van der Waals surface area contributed by atoms with Crippen LogP contribution in [-0.2, 0) is 16.1 Å². The minimum absolute atomic E-state index is 0.0131. The van der Waals surface area contributed by atoms with Crippen LogP contribution in [0.3, 0.4) is 0 Å². The molecule has 0 aliphatic heterocycles. The zero-order valence-electron chi connectivity index (χ0n) is 11.7. The first-order chi connectivity index (χ1) is 9.99. The summed E-state index contributed by atoms with van der Waals surface area (Å²) in [4.78, 5) is 23.5. The Morgan fingerprint density at radius 1 is 1.10 bits per heavy atom. The van der Waals surface area contributed by atoms with Gasteiger partial charge in [0.1, 0.15) is 0 Å². The van der Waals surface area contributed by atoms with Gasteiger partial charge in [-0.05, 0) is 18.4 Å². The van der Waals surface area contributed by atoms with Gasteiger partial charge < -0.3 is 10.0 Å². The molecule has 0 saturated heterocycles. The van der Waals surface area contributed by atoms with Crippen molar-refractivity contribution in [1.82, 2.24) is 4.90 Å². The fourth-order valence-electron chi connectivity index (χ4n) is 1.94. The largest absolute Gasteiger partial charge is 0.481 e. The van der Waals surface area contributed by atoms with Gasteiger partial charge in [0, 0.05) is 19.4 Å². The molecule has 0 heterocycles. The highest BCUT2D eigenvalue weighted by Gasteiger charge is 2.18. The first-order valence-electron chi connectivity index (χ1n) is 6.80. The quantitative estimate of drug-likeness (QED) is 0.713. The number of carboxylic acids is 1. The molecular weight excluding hydrogens is 280 g/mol. The van der Waals surface area contributed by atoms with Crippen LogP contribution in [0.1, 0.15) is 31.2 Å². The number of benzene rings is 1. The number of unbranched alkanes of at least 4 members (excludes halogenated alkanes) is 1. The van der Waals surface area contributed by atoms with Crippen molar-refractivity contribution in [1.29, 1.82) is 0 Å². The van der Waals surface area contributed by atoms with Gasteiger partial charge in [-0.3, -0.25) is 9.59 Å². The molecule has 1 aromatic rings. The van der Waals surface area contributed by atoms with E-state index in [2.05, 4.69) is 0 Å². The average molecular weight is 299 g/mol. The number of rotatable bonds is 9. The number of carboxylic acid groups (broad SMARTS) is 1. The molecule has 0 unspecified atom stereocenters. The third kappa shape index (κ3) is 7.39. The van der Waals surface area contributed by atoms with E-state index >= 15 is 0 Å². The molecular formula is C15H19F2NO3. The van der Waals surface area contributed by atoms with Crippen LogP contribution < -0.4 is 0 Å². The van der Waals surface area contributed by atoms with Crippen molar-refractivity contribution >= 4 is 11.9 Å². The van der Waals surface area contributed by atoms with E-state index in [1.165, 1.54) is 0 Å². The van der Waals surface area contributed by atoms with Crippen LogP contribution in [0.4, 0.5) is 8.78 Å². The zero-order chi connectivity index (χ0) is 15.7. The molecule has 4 nitrogen and oxygen atoms in total. The molecule has 0 spiro atoms. The molecule has 1 amide bonds. The molecule has 116 valence electrons. The monoisotopic (exact) mass is 299 g/mol. The Bertz CT molecular complexity index is 451. The summed E-state index contributed by atoms with van der Waals surface area (Å²) in [6, 6.07) is 8.93. The fourth-order valence-corrected chi connectivity index (χ4v) is 1.94. The summed E-state index contributed by atoms with van der Waals surface area (Å²) in [7, 11) is 0. The Morgan fingerprint density at radius 3 is 2.29 bits per heavy atom. The molecule has 0 saturated carbocycles. The summed E-state index contributed by atoms with van der Waals surface area (Å²) < 4.78 is 25.1. The lowest BCUT2D eigenvalue weighted by molar-refractivity contribution is -0.138. The molecule has 0 aromatic heterocycles. The van der Waals surface area contributed by atoms with E-state index in [0.717, 1.165) is 10.5 Å². The lowest BCUT2D eigenvalue weighted by Gasteiger charge is -2.22. The number of nitrogens with zero attached hydrogens (tertiary/aromatic N) is 1. The Morgan fingerprint density at radius 2 is 1.71 bits per heavy atom. The number of halogens is 2. The van der Waals surface area contributed by atoms with Gasteiger partial charge in [0.15, 0.2) is 0 Å². The van der Waals surface area contributed by atoms with E-state index in [4.69, 9.17) is 5.11 Å². The average Bonchev–Trinajstić information content (AvgIpc) is 2.43. The third-order valence-corrected chi connectivity index (χ3v) is 2.96. The van der Waals surface area contributed by atoms with Gasteiger partial charge in [0.25, 0.3) is 6.43 Å². The molecule has 1 rings (SSSR count). The van der Waals surface area contributed by atoms with Gasteiger partial charge in [-0.25, -0.2) is 8.78 Å². The van der Waals surface area contributed by atoms with Crippen LogP contribution in [0.2, 0.25) is 0 Å². The SMILES string of the molecule is O=C(O)CCCCC(=O)N(Cc1ccccc1)CC(F)F. The molecule has 0 aliphatic carbocycles. The molecule has 21 heavy (non-hydrogen) atoms. The highest BCUT2D eigenvalue weighted by atomic mass is 19.3. The summed E-state index contributed by atoms with van der Waals surface area (Å²) >= 11 is 0. The predicted octanol–water partition coefficient (Wildman–Crippen LogP) is 2.93. The second kappa shape index (κ2) is 9.05. The van der Waals surface area contributed by atoms with Gasteiger partial charge in [-0.2, -0.15) is 0 Å². The second-order valence-corrected chi connectivity index (χ2v) is 4.75. The maximum atomic E-state index is 12.6. The summed E-state index contributed by atoms with van der Waals surface area (Å²) in [6.07, 6.45) is -1.75. The van der Waals surface area contributed by atoms with E-state index in [-0.39, 0.29) is 25.3 Å². The highest BCUT2D eigenvalue weighted by molar-refractivity contribution is 5.76. The Kier molecular flexibility index (Phi) is 7.36. The standard InChI is InChI=1S/C15H19F2NO3/c16-13(17)11-18(10-12-6-2-1-3-7-12)14(19)8-4-5-9-15(20)21/h1-3,6-7,13H,4-5,8-11H2,(H,20,21). The molecule has 6 heteroatoms. The molecule has 1 N–H and O–H groups in total. The first kappa shape index (κ1) is 17.1. The van der Waals surface area contributed by atoms with E-state index in [1.807, 2.05) is 6.07 Å². The number of alkyl halides is 2. The van der Waals surface area contributed by atoms with Crippen molar-refractivity contribution in [2.24, 2.45) is 0 Å². The van der Waals surface area contributed by atoms with Crippen LogP contribution in [0, 0.1) is 0 Å². The van der Waals surface area contributed by atoms with Gasteiger partial charge >= 0.3 is 5.97 Å². The van der Waals surface area contributed by atoms with Crippen molar-refractivity contribution in [3.05, 3.63) is 35.9 Å².